The van der Waals surface area contributed by atoms with Crippen LogP contribution in [0, 0.1) is 0 Å². The van der Waals surface area contributed by atoms with Gasteiger partial charge in [0.2, 0.25) is 0 Å². The Kier molecular flexibility index (Phi) is 7.03. The average molecular weight is 304 g/mol. The quantitative estimate of drug-likeness (QED) is 0.881. The Morgan fingerprint density at radius 3 is 2.23 bits per heavy atom. The summed E-state index contributed by atoms with van der Waals surface area (Å²) in [4.78, 5) is 10.3. The van der Waals surface area contributed by atoms with Crippen LogP contribution < -0.4 is 4.74 Å². The number of hydrogen-bond acceptors (Lipinski definition) is 2. The number of benzene rings is 2. The molecule has 1 N–H and O–H groups in total. The molecule has 0 saturated carbocycles. The molecule has 0 aliphatic carbocycles. The fraction of sp³-hybridized carbons (Fsp3) is 0.133. The number of halogens is 3. The van der Waals surface area contributed by atoms with Gasteiger partial charge in [-0.15, -0.1) is 0 Å². The second-order valence-electron chi connectivity index (χ2n) is 4.13. The predicted octanol–water partition coefficient (Wildman–Crippen LogP) is 3.60. The SMILES string of the molecule is O=C(O)c1cccc(C(F)(F)F)c1.[Li][CH2]Oc1ccccc1. The predicted molar refractivity (Wildman–Crippen MR) is 76.1 cm³/mol. The first-order chi connectivity index (χ1) is 10.3. The molecule has 0 bridgehead atoms. The van der Waals surface area contributed by atoms with Gasteiger partial charge in [-0.05, 0) is 18.2 Å². The Labute approximate surface area is 134 Å². The third-order valence-electron chi connectivity index (χ3n) is 2.49. The zero-order valence-corrected chi connectivity index (χ0v) is 11.8. The first kappa shape index (κ1) is 18.1. The van der Waals surface area contributed by atoms with Gasteiger partial charge in [-0.25, -0.2) is 4.79 Å². The van der Waals surface area contributed by atoms with Crippen LogP contribution in [0.5, 0.6) is 5.75 Å². The molecule has 0 spiro atoms. The van der Waals surface area contributed by atoms with E-state index in [-0.39, 0.29) is 5.56 Å². The molecule has 7 heteroatoms. The van der Waals surface area contributed by atoms with Crippen LogP contribution >= 0.6 is 0 Å². The Hall–Kier alpha value is -1.90. The van der Waals surface area contributed by atoms with Gasteiger partial charge in [0.15, 0.2) is 0 Å². The Balaban J connectivity index is 0.000000235. The molecule has 0 aromatic heterocycles. The number of rotatable bonds is 3. The number of aromatic carboxylic acids is 1. The molecule has 0 atom stereocenters. The van der Waals surface area contributed by atoms with Gasteiger partial charge in [-0.1, -0.05) is 6.07 Å². The molecule has 2 rings (SSSR count). The fourth-order valence-electron chi connectivity index (χ4n) is 1.51. The number of hydrogen-bond donors (Lipinski definition) is 1. The maximum absolute atomic E-state index is 12.0. The number of ether oxygens (including phenoxy) is 1. The van der Waals surface area contributed by atoms with Crippen molar-refractivity contribution in [2.24, 2.45) is 0 Å². The number of carboxylic acid groups (broad SMARTS) is 1. The van der Waals surface area contributed by atoms with Crippen molar-refractivity contribution in [3.8, 4) is 5.75 Å². The van der Waals surface area contributed by atoms with E-state index in [0.29, 0.717) is 6.07 Å². The van der Waals surface area contributed by atoms with Crippen molar-refractivity contribution in [3.05, 3.63) is 65.7 Å². The van der Waals surface area contributed by atoms with Crippen molar-refractivity contribution < 1.29 is 27.8 Å². The standard InChI is InChI=1S/C8H5F3O2.C7H7O.Li/c9-8(10,11)6-3-1-2-5(4-6)7(12)13;1-8-7-5-3-2-4-6-7;/h1-4H,(H,12,13);2-6H,1H2;. The summed E-state index contributed by atoms with van der Waals surface area (Å²) in [6.45, 7) is 0. The van der Waals surface area contributed by atoms with Crippen LogP contribution in [0.2, 0.25) is 0 Å². The van der Waals surface area contributed by atoms with Crippen molar-refractivity contribution in [1.29, 1.82) is 0 Å². The topological polar surface area (TPSA) is 46.5 Å². The molecule has 2 aromatic rings. The molecule has 3 nitrogen and oxygen atoms in total. The van der Waals surface area contributed by atoms with Crippen molar-refractivity contribution in [2.45, 2.75) is 6.18 Å². The number of para-hydroxylation sites is 1. The Morgan fingerprint density at radius 1 is 1.09 bits per heavy atom. The summed E-state index contributed by atoms with van der Waals surface area (Å²) in [5.41, 5.74) is -1.32. The van der Waals surface area contributed by atoms with Gasteiger partial charge >= 0.3 is 76.0 Å². The molecule has 2 aromatic carbocycles. The van der Waals surface area contributed by atoms with Crippen LogP contribution in [0.1, 0.15) is 15.9 Å². The molecule has 0 unspecified atom stereocenters. The van der Waals surface area contributed by atoms with Crippen LogP contribution in [0.4, 0.5) is 13.2 Å². The summed E-state index contributed by atoms with van der Waals surface area (Å²) in [7, 11) is 0. The third-order valence-corrected chi connectivity index (χ3v) is 2.49. The number of carboxylic acids is 1. The minimum absolute atomic E-state index is 0.366. The van der Waals surface area contributed by atoms with Crippen LogP contribution in [0.25, 0.3) is 0 Å². The average Bonchev–Trinajstić information content (AvgIpc) is 2.48. The summed E-state index contributed by atoms with van der Waals surface area (Å²) in [6, 6.07) is 13.4. The van der Waals surface area contributed by atoms with Crippen LogP contribution in [0.15, 0.2) is 54.6 Å². The van der Waals surface area contributed by atoms with E-state index in [1.165, 1.54) is 0 Å². The van der Waals surface area contributed by atoms with Gasteiger partial charge in [0.1, 0.15) is 0 Å². The summed E-state index contributed by atoms with van der Waals surface area (Å²) in [5.74, 6) is -0.425. The fourth-order valence-corrected chi connectivity index (χ4v) is 1.51. The second-order valence-corrected chi connectivity index (χ2v) is 4.13. The molecule has 0 radical (unpaired) electrons. The summed E-state index contributed by atoms with van der Waals surface area (Å²) in [6.07, 6.45) is -4.49. The molecule has 0 saturated heterocycles. The van der Waals surface area contributed by atoms with Crippen molar-refractivity contribution in [3.63, 3.8) is 0 Å². The zero-order chi connectivity index (χ0) is 16.6. The van der Waals surface area contributed by atoms with E-state index in [2.05, 4.69) is 0 Å². The van der Waals surface area contributed by atoms with Crippen LogP contribution in [-0.2, 0) is 6.18 Å². The van der Waals surface area contributed by atoms with E-state index in [9.17, 15) is 18.0 Å². The van der Waals surface area contributed by atoms with Gasteiger partial charge in [-0.2, -0.15) is 13.2 Å². The second kappa shape index (κ2) is 8.52. The van der Waals surface area contributed by atoms with Crippen LogP contribution in [-0.4, -0.2) is 34.1 Å². The minimum atomic E-state index is -4.49. The molecular formula is C15H12F3LiO3. The third kappa shape index (κ3) is 6.25. The van der Waals surface area contributed by atoms with Crippen molar-refractivity contribution in [1.82, 2.24) is 0 Å². The molecule has 112 valence electrons. The molecule has 0 aliphatic rings. The molecule has 0 amide bonds. The zero-order valence-electron chi connectivity index (χ0n) is 11.8. The van der Waals surface area contributed by atoms with Gasteiger partial charge in [0, 0.05) is 0 Å². The first-order valence-corrected chi connectivity index (χ1v) is 6.43. The normalized spacial score (nSPS) is 10.4. The van der Waals surface area contributed by atoms with E-state index < -0.39 is 17.7 Å². The van der Waals surface area contributed by atoms with Crippen molar-refractivity contribution >= 4 is 23.7 Å². The molecular weight excluding hydrogens is 292 g/mol. The summed E-state index contributed by atoms with van der Waals surface area (Å²) < 4.78 is 41.3. The van der Waals surface area contributed by atoms with Gasteiger partial charge in [0.25, 0.3) is 0 Å². The van der Waals surface area contributed by atoms with Gasteiger partial charge in [0.05, 0.1) is 11.1 Å². The number of carbonyl (C=O) groups is 1. The summed E-state index contributed by atoms with van der Waals surface area (Å²) in [5, 5.41) is 9.15. The first-order valence-electron chi connectivity index (χ1n) is 6.43. The van der Waals surface area contributed by atoms with E-state index in [0.717, 1.165) is 29.2 Å². The van der Waals surface area contributed by atoms with Crippen molar-refractivity contribution in [2.75, 3.05) is 5.28 Å². The Bertz CT molecular complexity index is 600. The van der Waals surface area contributed by atoms with Gasteiger partial charge in [-0.3, -0.25) is 0 Å². The van der Waals surface area contributed by atoms with E-state index in [1.54, 1.807) is 0 Å². The molecule has 22 heavy (non-hydrogen) atoms. The van der Waals surface area contributed by atoms with Crippen LogP contribution in [0.3, 0.4) is 0 Å². The van der Waals surface area contributed by atoms with Gasteiger partial charge < -0.3 is 5.11 Å². The molecule has 0 heterocycles. The summed E-state index contributed by atoms with van der Waals surface area (Å²) >= 11 is 1.98. The molecule has 0 fully saturated rings. The maximum atomic E-state index is 12.0. The molecule has 0 aliphatic heterocycles. The van der Waals surface area contributed by atoms with E-state index in [1.807, 2.05) is 48.0 Å². The Morgan fingerprint density at radius 2 is 1.73 bits per heavy atom. The van der Waals surface area contributed by atoms with E-state index in [4.69, 9.17) is 9.84 Å². The monoisotopic (exact) mass is 304 g/mol. The van der Waals surface area contributed by atoms with E-state index >= 15 is 0 Å². The number of alkyl halides is 3.